The summed E-state index contributed by atoms with van der Waals surface area (Å²) in [5, 5.41) is 14.0. The van der Waals surface area contributed by atoms with E-state index in [-0.39, 0.29) is 12.1 Å². The lowest BCUT2D eigenvalue weighted by Crippen LogP contribution is -2.44. The quantitative estimate of drug-likeness (QED) is 0.556. The number of ether oxygens (including phenoxy) is 1. The molecule has 0 bridgehead atoms. The molecular formula is C25H37N7O2. The third-order valence-corrected chi connectivity index (χ3v) is 7.53. The number of amides is 1. The van der Waals surface area contributed by atoms with E-state index in [9.17, 15) is 4.79 Å². The second-order valence-electron chi connectivity index (χ2n) is 11.4. The molecule has 5 rings (SSSR count). The van der Waals surface area contributed by atoms with Gasteiger partial charge in [0.2, 0.25) is 5.95 Å². The Kier molecular flexibility index (Phi) is 5.90. The summed E-state index contributed by atoms with van der Waals surface area (Å²) in [7, 11) is 2.04. The fraction of sp³-hybridized carbons (Fsp3) is 0.680. The molecular weight excluding hydrogens is 430 g/mol. The standard InChI is InChI=1S/C25H37N7O2/c1-24(2,3)34-23(33)27-17-5-7-18(8-6-17)32(4)22-26-12-9-20(29-22)28-21-13-19(30-31-21)16-14-25(15-16)10-11-25/h9,12-13,16-18H,5-8,10-11,14-15H2,1-4H3,(H,27,33)(H2,26,28,29,30,31). The maximum Gasteiger partial charge on any atom is 0.407 e. The fourth-order valence-corrected chi connectivity index (χ4v) is 5.36. The molecule has 0 unspecified atom stereocenters. The van der Waals surface area contributed by atoms with Gasteiger partial charge in [0.1, 0.15) is 11.4 Å². The van der Waals surface area contributed by atoms with Gasteiger partial charge in [-0.25, -0.2) is 9.78 Å². The lowest BCUT2D eigenvalue weighted by molar-refractivity contribution is 0.0491. The van der Waals surface area contributed by atoms with E-state index >= 15 is 0 Å². The van der Waals surface area contributed by atoms with Gasteiger partial charge in [0, 0.05) is 43.0 Å². The highest BCUT2D eigenvalue weighted by Gasteiger charge is 2.53. The first kappa shape index (κ1) is 22.9. The highest BCUT2D eigenvalue weighted by Crippen LogP contribution is 2.66. The third-order valence-electron chi connectivity index (χ3n) is 7.53. The fourth-order valence-electron chi connectivity index (χ4n) is 5.36. The Balaban J connectivity index is 1.13. The molecule has 1 spiro atoms. The summed E-state index contributed by atoms with van der Waals surface area (Å²) in [6, 6.07) is 4.46. The van der Waals surface area contributed by atoms with E-state index < -0.39 is 5.60 Å². The molecule has 0 atom stereocenters. The van der Waals surface area contributed by atoms with Crippen LogP contribution in [0.1, 0.15) is 83.7 Å². The minimum Gasteiger partial charge on any atom is -0.444 e. The van der Waals surface area contributed by atoms with Crippen molar-refractivity contribution in [3.8, 4) is 0 Å². The number of alkyl carbamates (subject to hydrolysis) is 1. The van der Waals surface area contributed by atoms with Crippen molar-refractivity contribution < 1.29 is 9.53 Å². The van der Waals surface area contributed by atoms with Crippen LogP contribution in [-0.2, 0) is 4.74 Å². The molecule has 3 N–H and O–H groups in total. The molecule has 2 heterocycles. The van der Waals surface area contributed by atoms with Crippen LogP contribution in [0.15, 0.2) is 18.3 Å². The maximum absolute atomic E-state index is 12.1. The first-order chi connectivity index (χ1) is 16.2. The van der Waals surface area contributed by atoms with Gasteiger partial charge in [-0.15, -0.1) is 0 Å². The second kappa shape index (κ2) is 8.74. The predicted octanol–water partition coefficient (Wildman–Crippen LogP) is 4.87. The van der Waals surface area contributed by atoms with Gasteiger partial charge in [-0.3, -0.25) is 5.10 Å². The number of hydrogen-bond donors (Lipinski definition) is 3. The molecule has 184 valence electrons. The number of carbonyl (C=O) groups excluding carboxylic acids is 1. The molecule has 3 fully saturated rings. The maximum atomic E-state index is 12.1. The summed E-state index contributed by atoms with van der Waals surface area (Å²) in [6.45, 7) is 5.64. The van der Waals surface area contributed by atoms with E-state index in [0.29, 0.717) is 23.3 Å². The summed E-state index contributed by atoms with van der Waals surface area (Å²) in [6.07, 6.45) is 10.6. The minimum absolute atomic E-state index is 0.146. The number of nitrogens with one attached hydrogen (secondary N) is 3. The summed E-state index contributed by atoms with van der Waals surface area (Å²) >= 11 is 0. The van der Waals surface area contributed by atoms with Crippen LogP contribution in [0.25, 0.3) is 0 Å². The van der Waals surface area contributed by atoms with Gasteiger partial charge in [-0.05, 0) is 83.6 Å². The first-order valence-electron chi connectivity index (χ1n) is 12.6. The highest BCUT2D eigenvalue weighted by atomic mass is 16.6. The largest absolute Gasteiger partial charge is 0.444 e. The van der Waals surface area contributed by atoms with Crippen molar-refractivity contribution >= 4 is 23.7 Å². The third kappa shape index (κ3) is 5.28. The van der Waals surface area contributed by atoms with Crippen LogP contribution < -0.4 is 15.5 Å². The number of rotatable bonds is 6. The zero-order valence-corrected chi connectivity index (χ0v) is 20.7. The van der Waals surface area contributed by atoms with Crippen molar-refractivity contribution in [2.75, 3.05) is 17.3 Å². The average Bonchev–Trinajstić information content (AvgIpc) is 3.44. The molecule has 0 radical (unpaired) electrons. The van der Waals surface area contributed by atoms with Crippen molar-refractivity contribution in [2.45, 2.75) is 95.7 Å². The number of aromatic nitrogens is 4. The SMILES string of the molecule is CN(c1nccc(Nc2cc(C3CC4(CC4)C3)[nH]n2)n1)C1CCC(NC(=O)OC(C)(C)C)CC1. The monoisotopic (exact) mass is 467 g/mol. The Labute approximate surface area is 201 Å². The lowest BCUT2D eigenvalue weighted by atomic mass is 9.70. The van der Waals surface area contributed by atoms with Gasteiger partial charge < -0.3 is 20.3 Å². The van der Waals surface area contributed by atoms with Gasteiger partial charge in [0.25, 0.3) is 0 Å². The minimum atomic E-state index is -0.480. The highest BCUT2D eigenvalue weighted by molar-refractivity contribution is 5.68. The topological polar surface area (TPSA) is 108 Å². The zero-order chi connectivity index (χ0) is 23.9. The van der Waals surface area contributed by atoms with Gasteiger partial charge in [-0.1, -0.05) is 0 Å². The van der Waals surface area contributed by atoms with Gasteiger partial charge in [0.05, 0.1) is 0 Å². The number of hydrogen-bond acceptors (Lipinski definition) is 7. The number of nitrogens with zero attached hydrogens (tertiary/aromatic N) is 4. The molecule has 2 aromatic heterocycles. The van der Waals surface area contributed by atoms with E-state index in [1.165, 1.54) is 31.4 Å². The summed E-state index contributed by atoms with van der Waals surface area (Å²) in [5.74, 6) is 2.85. The molecule has 2 aromatic rings. The van der Waals surface area contributed by atoms with Crippen molar-refractivity contribution in [1.82, 2.24) is 25.5 Å². The molecule has 9 nitrogen and oxygen atoms in total. The molecule has 0 saturated heterocycles. The Morgan fingerprint density at radius 3 is 2.59 bits per heavy atom. The van der Waals surface area contributed by atoms with Gasteiger partial charge >= 0.3 is 6.09 Å². The van der Waals surface area contributed by atoms with Crippen LogP contribution in [0.3, 0.4) is 0 Å². The van der Waals surface area contributed by atoms with Crippen molar-refractivity contribution in [1.29, 1.82) is 0 Å². The van der Waals surface area contributed by atoms with E-state index in [0.717, 1.165) is 37.3 Å². The van der Waals surface area contributed by atoms with Crippen LogP contribution in [0, 0.1) is 5.41 Å². The van der Waals surface area contributed by atoms with E-state index in [1.54, 1.807) is 6.20 Å². The molecule has 1 amide bonds. The van der Waals surface area contributed by atoms with Crippen LogP contribution in [-0.4, -0.2) is 51.0 Å². The summed E-state index contributed by atoms with van der Waals surface area (Å²) in [5.41, 5.74) is 1.43. The first-order valence-corrected chi connectivity index (χ1v) is 12.6. The summed E-state index contributed by atoms with van der Waals surface area (Å²) < 4.78 is 5.39. The van der Waals surface area contributed by atoms with Crippen LogP contribution in [0.4, 0.5) is 22.4 Å². The normalized spacial score (nSPS) is 23.8. The van der Waals surface area contributed by atoms with E-state index in [2.05, 4.69) is 36.8 Å². The lowest BCUT2D eigenvalue weighted by Gasteiger charge is -2.35. The smallest absolute Gasteiger partial charge is 0.407 e. The van der Waals surface area contributed by atoms with Crippen LogP contribution >= 0.6 is 0 Å². The van der Waals surface area contributed by atoms with Gasteiger partial charge in [0.15, 0.2) is 5.82 Å². The van der Waals surface area contributed by atoms with E-state index in [4.69, 9.17) is 9.72 Å². The Morgan fingerprint density at radius 1 is 1.18 bits per heavy atom. The average molecular weight is 468 g/mol. The second-order valence-corrected chi connectivity index (χ2v) is 11.4. The van der Waals surface area contributed by atoms with Crippen LogP contribution in [0.2, 0.25) is 0 Å². The summed E-state index contributed by atoms with van der Waals surface area (Å²) in [4.78, 5) is 23.4. The Morgan fingerprint density at radius 2 is 1.91 bits per heavy atom. The predicted molar refractivity (Wildman–Crippen MR) is 131 cm³/mol. The van der Waals surface area contributed by atoms with Crippen molar-refractivity contribution in [2.24, 2.45) is 5.41 Å². The number of H-pyrrole nitrogens is 1. The molecule has 0 aliphatic heterocycles. The molecule has 34 heavy (non-hydrogen) atoms. The zero-order valence-electron chi connectivity index (χ0n) is 20.7. The van der Waals surface area contributed by atoms with Crippen LogP contribution in [0.5, 0.6) is 0 Å². The molecule has 3 aliphatic carbocycles. The number of anilines is 3. The molecule has 0 aromatic carbocycles. The van der Waals surface area contributed by atoms with Gasteiger partial charge in [-0.2, -0.15) is 10.1 Å². The molecule has 3 aliphatic rings. The number of aromatic amines is 1. The van der Waals surface area contributed by atoms with Crippen molar-refractivity contribution in [3.05, 3.63) is 24.0 Å². The molecule has 9 heteroatoms. The van der Waals surface area contributed by atoms with E-state index in [1.807, 2.05) is 33.9 Å². The Hall–Kier alpha value is -2.84. The number of carbonyl (C=O) groups is 1. The molecule has 3 saturated carbocycles. The Bertz CT molecular complexity index is 1010. The van der Waals surface area contributed by atoms with Crippen molar-refractivity contribution in [3.63, 3.8) is 0 Å².